The van der Waals surface area contributed by atoms with Crippen molar-refractivity contribution in [2.75, 3.05) is 5.73 Å². The minimum Gasteiger partial charge on any atom is -0.382 e. The van der Waals surface area contributed by atoms with E-state index in [4.69, 9.17) is 17.3 Å². The summed E-state index contributed by atoms with van der Waals surface area (Å²) in [5.74, 6) is -0.0773. The number of hydrogen-bond donors (Lipinski definition) is 1. The van der Waals surface area contributed by atoms with E-state index in [-0.39, 0.29) is 17.1 Å². The monoisotopic (exact) mass is 323 g/mol. The van der Waals surface area contributed by atoms with Crippen LogP contribution < -0.4 is 5.73 Å². The second-order valence-electron chi connectivity index (χ2n) is 4.61. The highest BCUT2D eigenvalue weighted by Crippen LogP contribution is 2.38. The quantitative estimate of drug-likeness (QED) is 0.714. The number of para-hydroxylation sites is 1. The summed E-state index contributed by atoms with van der Waals surface area (Å²) in [7, 11) is 0. The van der Waals surface area contributed by atoms with E-state index in [0.29, 0.717) is 16.1 Å². The number of aromatic nitrogens is 2. The molecule has 0 amide bonds. The molecule has 1 aromatic heterocycles. The van der Waals surface area contributed by atoms with Crippen LogP contribution in [0.25, 0.3) is 22.3 Å². The van der Waals surface area contributed by atoms with Crippen molar-refractivity contribution in [2.24, 2.45) is 0 Å². The van der Waals surface area contributed by atoms with E-state index in [0.717, 1.165) is 6.07 Å². The maximum absolute atomic E-state index is 13.1. The van der Waals surface area contributed by atoms with Crippen LogP contribution in [0.4, 0.5) is 19.0 Å². The maximum atomic E-state index is 13.1. The van der Waals surface area contributed by atoms with Crippen molar-refractivity contribution in [3.8, 4) is 11.3 Å². The van der Waals surface area contributed by atoms with Crippen LogP contribution in [0.1, 0.15) is 5.56 Å². The summed E-state index contributed by atoms with van der Waals surface area (Å²) in [6.07, 6.45) is -4.51. The lowest BCUT2D eigenvalue weighted by Gasteiger charge is -2.14. The van der Waals surface area contributed by atoms with Gasteiger partial charge in [-0.3, -0.25) is 0 Å². The molecule has 22 heavy (non-hydrogen) atoms. The summed E-state index contributed by atoms with van der Waals surface area (Å²) >= 11 is 6.03. The lowest BCUT2D eigenvalue weighted by molar-refractivity contribution is -0.137. The highest BCUT2D eigenvalue weighted by molar-refractivity contribution is 6.34. The van der Waals surface area contributed by atoms with Crippen molar-refractivity contribution >= 4 is 28.5 Å². The van der Waals surface area contributed by atoms with Gasteiger partial charge < -0.3 is 5.73 Å². The summed E-state index contributed by atoms with van der Waals surface area (Å²) in [4.78, 5) is 8.30. The molecule has 3 aromatic rings. The van der Waals surface area contributed by atoms with Crippen LogP contribution >= 0.6 is 11.6 Å². The minimum atomic E-state index is -4.51. The Bertz CT molecular complexity index is 862. The van der Waals surface area contributed by atoms with E-state index in [2.05, 4.69) is 9.97 Å². The van der Waals surface area contributed by atoms with Crippen molar-refractivity contribution in [3.05, 3.63) is 53.1 Å². The number of benzene rings is 2. The summed E-state index contributed by atoms with van der Waals surface area (Å²) in [6, 6.07) is 9.99. The van der Waals surface area contributed by atoms with E-state index < -0.39 is 11.7 Å². The molecular formula is C15H9ClF3N3. The lowest BCUT2D eigenvalue weighted by atomic mass is 10.0. The summed E-state index contributed by atoms with van der Waals surface area (Å²) in [5.41, 5.74) is 5.56. The number of hydrogen-bond acceptors (Lipinski definition) is 3. The fourth-order valence-electron chi connectivity index (χ4n) is 2.19. The zero-order valence-corrected chi connectivity index (χ0v) is 11.8. The molecule has 0 bridgehead atoms. The van der Waals surface area contributed by atoms with Gasteiger partial charge >= 0.3 is 6.18 Å². The van der Waals surface area contributed by atoms with E-state index >= 15 is 0 Å². The average molecular weight is 324 g/mol. The number of halogens is 4. The molecule has 0 spiro atoms. The summed E-state index contributed by atoms with van der Waals surface area (Å²) in [5, 5.41) is 0.302. The molecule has 0 fully saturated rings. The van der Waals surface area contributed by atoms with Crippen LogP contribution in [0.3, 0.4) is 0 Å². The molecule has 0 aliphatic rings. The molecule has 2 aromatic carbocycles. The first kappa shape index (κ1) is 14.6. The Labute approximate surface area is 128 Å². The first-order valence-electron chi connectivity index (χ1n) is 6.26. The van der Waals surface area contributed by atoms with Crippen LogP contribution in [0.15, 0.2) is 42.5 Å². The van der Waals surface area contributed by atoms with Gasteiger partial charge in [-0.25, -0.2) is 9.97 Å². The zero-order valence-electron chi connectivity index (χ0n) is 11.0. The van der Waals surface area contributed by atoms with Gasteiger partial charge in [-0.1, -0.05) is 35.9 Å². The number of fused-ring (bicyclic) bond motifs is 1. The van der Waals surface area contributed by atoms with Crippen molar-refractivity contribution < 1.29 is 13.2 Å². The largest absolute Gasteiger partial charge is 0.417 e. The predicted octanol–water partition coefficient (Wildman–Crippen LogP) is 4.55. The number of nitrogens with zero attached hydrogens (tertiary/aromatic N) is 2. The number of rotatable bonds is 1. The fourth-order valence-corrected chi connectivity index (χ4v) is 2.40. The molecule has 1 heterocycles. The third kappa shape index (κ3) is 2.46. The topological polar surface area (TPSA) is 51.8 Å². The molecule has 0 saturated carbocycles. The number of anilines is 1. The normalized spacial score (nSPS) is 11.8. The van der Waals surface area contributed by atoms with E-state index in [1.54, 1.807) is 18.2 Å². The van der Waals surface area contributed by atoms with Crippen LogP contribution in [0.5, 0.6) is 0 Å². The second kappa shape index (κ2) is 5.14. The highest BCUT2D eigenvalue weighted by Gasteiger charge is 2.34. The number of nitrogen functional groups attached to an aromatic ring is 1. The van der Waals surface area contributed by atoms with Crippen LogP contribution in [-0.2, 0) is 6.18 Å². The van der Waals surface area contributed by atoms with Crippen LogP contribution in [0, 0.1) is 0 Å². The first-order valence-corrected chi connectivity index (χ1v) is 6.64. The van der Waals surface area contributed by atoms with E-state index in [9.17, 15) is 13.2 Å². The molecule has 0 radical (unpaired) electrons. The van der Waals surface area contributed by atoms with Gasteiger partial charge in [0.15, 0.2) is 5.82 Å². The third-order valence-corrected chi connectivity index (χ3v) is 3.47. The molecular weight excluding hydrogens is 315 g/mol. The molecule has 0 saturated heterocycles. The standard InChI is InChI=1S/C15H9ClF3N3/c16-10-6-3-7-11-13(10)22-12(14(20)21-11)8-4-1-2-5-9(8)15(17,18)19/h1-7H,(H2,20,21). The van der Waals surface area contributed by atoms with Gasteiger partial charge in [-0.15, -0.1) is 0 Å². The molecule has 3 rings (SSSR count). The Morgan fingerprint density at radius 3 is 2.41 bits per heavy atom. The van der Waals surface area contributed by atoms with Gasteiger partial charge in [-0.2, -0.15) is 13.2 Å². The Balaban J connectivity index is 2.32. The third-order valence-electron chi connectivity index (χ3n) is 3.16. The van der Waals surface area contributed by atoms with Crippen LogP contribution in [-0.4, -0.2) is 9.97 Å². The molecule has 3 nitrogen and oxygen atoms in total. The van der Waals surface area contributed by atoms with Crippen LogP contribution in [0.2, 0.25) is 5.02 Å². The molecule has 7 heteroatoms. The second-order valence-corrected chi connectivity index (χ2v) is 5.02. The van der Waals surface area contributed by atoms with Crippen molar-refractivity contribution in [3.63, 3.8) is 0 Å². The SMILES string of the molecule is Nc1nc2cccc(Cl)c2nc1-c1ccccc1C(F)(F)F. The van der Waals surface area contributed by atoms with Gasteiger partial charge in [0.05, 0.1) is 16.1 Å². The molecule has 0 aliphatic heterocycles. The lowest BCUT2D eigenvalue weighted by Crippen LogP contribution is -2.09. The summed E-state index contributed by atoms with van der Waals surface area (Å²) in [6.45, 7) is 0. The number of alkyl halides is 3. The zero-order chi connectivity index (χ0) is 15.9. The highest BCUT2D eigenvalue weighted by atomic mass is 35.5. The Kier molecular flexibility index (Phi) is 3.41. The van der Waals surface area contributed by atoms with E-state index in [1.807, 2.05) is 0 Å². The number of nitrogens with two attached hydrogens (primary N) is 1. The average Bonchev–Trinajstić information content (AvgIpc) is 2.46. The Morgan fingerprint density at radius 2 is 1.68 bits per heavy atom. The van der Waals surface area contributed by atoms with E-state index in [1.165, 1.54) is 18.2 Å². The summed E-state index contributed by atoms with van der Waals surface area (Å²) < 4.78 is 39.4. The first-order chi connectivity index (χ1) is 10.4. The van der Waals surface area contributed by atoms with Crippen molar-refractivity contribution in [1.82, 2.24) is 9.97 Å². The molecule has 0 atom stereocenters. The van der Waals surface area contributed by atoms with Gasteiger partial charge in [0.1, 0.15) is 11.2 Å². The maximum Gasteiger partial charge on any atom is 0.417 e. The Hall–Kier alpha value is -2.34. The molecule has 0 aliphatic carbocycles. The molecule has 0 unspecified atom stereocenters. The van der Waals surface area contributed by atoms with Gasteiger partial charge in [0.25, 0.3) is 0 Å². The molecule has 2 N–H and O–H groups in total. The van der Waals surface area contributed by atoms with Crippen molar-refractivity contribution in [1.29, 1.82) is 0 Å². The van der Waals surface area contributed by atoms with Gasteiger partial charge in [0, 0.05) is 5.56 Å². The fraction of sp³-hybridized carbons (Fsp3) is 0.0667. The van der Waals surface area contributed by atoms with Crippen molar-refractivity contribution in [2.45, 2.75) is 6.18 Å². The Morgan fingerprint density at radius 1 is 0.955 bits per heavy atom. The smallest absolute Gasteiger partial charge is 0.382 e. The predicted molar refractivity (Wildman–Crippen MR) is 79.4 cm³/mol. The van der Waals surface area contributed by atoms with Gasteiger partial charge in [0.2, 0.25) is 0 Å². The molecule has 112 valence electrons. The minimum absolute atomic E-state index is 0.0338. The van der Waals surface area contributed by atoms with Gasteiger partial charge in [-0.05, 0) is 18.2 Å².